The number of rotatable bonds is 4. The van der Waals surface area contributed by atoms with Crippen LogP contribution in [0.2, 0.25) is 0 Å². The minimum Gasteiger partial charge on any atom is -0.481 e. The van der Waals surface area contributed by atoms with E-state index in [9.17, 15) is 9.59 Å². The second-order valence-corrected chi connectivity index (χ2v) is 4.75. The number of fused-ring (bicyclic) bond motifs is 1. The second kappa shape index (κ2) is 5.28. The molecule has 0 saturated carbocycles. The summed E-state index contributed by atoms with van der Waals surface area (Å²) in [4.78, 5) is 22.5. The Hall–Kier alpha value is -2.83. The number of hydrazone groups is 1. The molecule has 1 unspecified atom stereocenters. The highest BCUT2D eigenvalue weighted by atomic mass is 16.4. The molecule has 0 fully saturated rings. The summed E-state index contributed by atoms with van der Waals surface area (Å²) in [6.45, 7) is 0. The van der Waals surface area contributed by atoms with E-state index in [-0.39, 0.29) is 24.5 Å². The van der Waals surface area contributed by atoms with Crippen molar-refractivity contribution in [3.05, 3.63) is 42.1 Å². The Morgan fingerprint density at radius 1 is 1.29 bits per heavy atom. The maximum absolute atomic E-state index is 11.9. The topological polar surface area (TPSA) is 94.0 Å². The normalized spacial score (nSPS) is 20.1. The van der Waals surface area contributed by atoms with Gasteiger partial charge in [-0.15, -0.1) is 0 Å². The van der Waals surface area contributed by atoms with Crippen LogP contribution in [0.25, 0.3) is 5.70 Å². The molecule has 2 heterocycles. The highest BCUT2D eigenvalue weighted by Crippen LogP contribution is 2.21. The third-order valence-corrected chi connectivity index (χ3v) is 3.24. The van der Waals surface area contributed by atoms with Crippen molar-refractivity contribution in [2.75, 3.05) is 0 Å². The van der Waals surface area contributed by atoms with Crippen molar-refractivity contribution in [3.8, 4) is 0 Å². The van der Waals surface area contributed by atoms with E-state index in [1.165, 1.54) is 0 Å². The lowest BCUT2D eigenvalue weighted by molar-refractivity contribution is -0.136. The molecule has 0 saturated heterocycles. The molecular weight excluding hydrogens is 272 g/mol. The Bertz CT molecular complexity index is 639. The van der Waals surface area contributed by atoms with Crippen LogP contribution >= 0.6 is 0 Å². The summed E-state index contributed by atoms with van der Waals surface area (Å²) in [5, 5.41) is 20.4. The van der Waals surface area contributed by atoms with Crippen molar-refractivity contribution in [1.82, 2.24) is 15.6 Å². The summed E-state index contributed by atoms with van der Waals surface area (Å²) in [5.74, 6) is -1.29. The van der Waals surface area contributed by atoms with Crippen LogP contribution in [-0.4, -0.2) is 34.0 Å². The van der Waals surface area contributed by atoms with E-state index >= 15 is 0 Å². The van der Waals surface area contributed by atoms with Crippen LogP contribution in [0.3, 0.4) is 0 Å². The number of hydrogen-bond donors (Lipinski definition) is 3. The first-order valence-electron chi connectivity index (χ1n) is 6.56. The predicted molar refractivity (Wildman–Crippen MR) is 75.6 cm³/mol. The summed E-state index contributed by atoms with van der Waals surface area (Å²) in [5.41, 5.74) is 2.06. The minimum atomic E-state index is -0.951. The number of aliphatic carboxylic acids is 1. The molecule has 0 aliphatic carbocycles. The molecule has 1 aromatic carbocycles. The molecule has 2 aliphatic heterocycles. The van der Waals surface area contributed by atoms with E-state index in [0.29, 0.717) is 0 Å². The van der Waals surface area contributed by atoms with Crippen molar-refractivity contribution < 1.29 is 14.7 Å². The van der Waals surface area contributed by atoms with Gasteiger partial charge in [0, 0.05) is 6.42 Å². The van der Waals surface area contributed by atoms with E-state index in [1.54, 1.807) is 11.2 Å². The lowest BCUT2D eigenvalue weighted by Crippen LogP contribution is -2.54. The first kappa shape index (κ1) is 13.2. The minimum absolute atomic E-state index is 0.110. The van der Waals surface area contributed by atoms with Crippen molar-refractivity contribution in [2.24, 2.45) is 5.10 Å². The fraction of sp³-hybridized carbons (Fsp3) is 0.214. The number of amides is 1. The monoisotopic (exact) mass is 286 g/mol. The Morgan fingerprint density at radius 2 is 2.05 bits per heavy atom. The van der Waals surface area contributed by atoms with Gasteiger partial charge in [0.1, 0.15) is 5.71 Å². The second-order valence-electron chi connectivity index (χ2n) is 4.75. The molecule has 21 heavy (non-hydrogen) atoms. The summed E-state index contributed by atoms with van der Waals surface area (Å²) in [6.07, 6.45) is 1.35. The van der Waals surface area contributed by atoms with Crippen LogP contribution in [0.1, 0.15) is 18.4 Å². The number of nitrogens with one attached hydrogen (secondary N) is 2. The zero-order valence-electron chi connectivity index (χ0n) is 11.1. The SMILES string of the molecule is O=C(O)CCC1=NN2C=C(c3ccccc3)NC2NC1=O. The molecule has 2 aliphatic rings. The van der Waals surface area contributed by atoms with Gasteiger partial charge in [0.15, 0.2) is 6.29 Å². The Morgan fingerprint density at radius 3 is 2.76 bits per heavy atom. The van der Waals surface area contributed by atoms with Gasteiger partial charge in [-0.25, -0.2) is 5.01 Å². The molecule has 7 nitrogen and oxygen atoms in total. The van der Waals surface area contributed by atoms with E-state index in [1.807, 2.05) is 30.3 Å². The van der Waals surface area contributed by atoms with Gasteiger partial charge < -0.3 is 15.7 Å². The zero-order chi connectivity index (χ0) is 14.8. The van der Waals surface area contributed by atoms with Crippen LogP contribution in [0.5, 0.6) is 0 Å². The average molecular weight is 286 g/mol. The largest absolute Gasteiger partial charge is 0.481 e. The average Bonchev–Trinajstić information content (AvgIpc) is 2.88. The number of benzene rings is 1. The van der Waals surface area contributed by atoms with E-state index in [4.69, 9.17) is 5.11 Å². The van der Waals surface area contributed by atoms with E-state index in [0.717, 1.165) is 11.3 Å². The Labute approximate surface area is 120 Å². The standard InChI is InChI=1S/C14H14N4O3/c19-12(20)7-6-10-13(21)16-14-15-11(8-18(14)17-10)9-4-2-1-3-5-9/h1-5,8,14-15H,6-7H2,(H,16,21)(H,19,20). The molecule has 3 rings (SSSR count). The smallest absolute Gasteiger partial charge is 0.303 e. The molecule has 0 bridgehead atoms. The number of nitrogens with zero attached hydrogens (tertiary/aromatic N) is 2. The van der Waals surface area contributed by atoms with Gasteiger partial charge in [-0.3, -0.25) is 9.59 Å². The van der Waals surface area contributed by atoms with Crippen molar-refractivity contribution in [3.63, 3.8) is 0 Å². The highest BCUT2D eigenvalue weighted by molar-refractivity contribution is 6.39. The number of carboxylic acid groups (broad SMARTS) is 1. The quantitative estimate of drug-likeness (QED) is 0.750. The lowest BCUT2D eigenvalue weighted by atomic mass is 10.2. The van der Waals surface area contributed by atoms with Crippen molar-refractivity contribution >= 4 is 23.3 Å². The first-order chi connectivity index (χ1) is 10.1. The van der Waals surface area contributed by atoms with Gasteiger partial charge in [-0.2, -0.15) is 5.10 Å². The van der Waals surface area contributed by atoms with Crippen LogP contribution < -0.4 is 10.6 Å². The van der Waals surface area contributed by atoms with Crippen LogP contribution in [0.15, 0.2) is 41.6 Å². The maximum Gasteiger partial charge on any atom is 0.303 e. The molecule has 0 spiro atoms. The Balaban J connectivity index is 1.79. The summed E-state index contributed by atoms with van der Waals surface area (Å²) in [7, 11) is 0. The summed E-state index contributed by atoms with van der Waals surface area (Å²) in [6, 6.07) is 9.68. The molecule has 3 N–H and O–H groups in total. The van der Waals surface area contributed by atoms with Gasteiger partial charge in [0.05, 0.1) is 18.3 Å². The summed E-state index contributed by atoms with van der Waals surface area (Å²) < 4.78 is 0. The maximum atomic E-state index is 11.9. The van der Waals surface area contributed by atoms with Crippen molar-refractivity contribution in [1.29, 1.82) is 0 Å². The van der Waals surface area contributed by atoms with E-state index in [2.05, 4.69) is 15.7 Å². The molecule has 7 heteroatoms. The fourth-order valence-electron chi connectivity index (χ4n) is 2.20. The van der Waals surface area contributed by atoms with Crippen molar-refractivity contribution in [2.45, 2.75) is 19.1 Å². The van der Waals surface area contributed by atoms with Crippen LogP contribution in [-0.2, 0) is 9.59 Å². The molecule has 0 radical (unpaired) electrons. The molecule has 0 aromatic heterocycles. The highest BCUT2D eigenvalue weighted by Gasteiger charge is 2.32. The molecule has 108 valence electrons. The van der Waals surface area contributed by atoms with Crippen LogP contribution in [0, 0.1) is 0 Å². The first-order valence-corrected chi connectivity index (χ1v) is 6.56. The fourth-order valence-corrected chi connectivity index (χ4v) is 2.20. The van der Waals surface area contributed by atoms with Crippen LogP contribution in [0.4, 0.5) is 0 Å². The van der Waals surface area contributed by atoms with Gasteiger partial charge in [0.25, 0.3) is 5.91 Å². The van der Waals surface area contributed by atoms with Gasteiger partial charge >= 0.3 is 5.97 Å². The number of carboxylic acids is 1. The summed E-state index contributed by atoms with van der Waals surface area (Å²) >= 11 is 0. The molecular formula is C14H14N4O3. The molecule has 1 aromatic rings. The predicted octanol–water partition coefficient (Wildman–Crippen LogP) is 0.524. The van der Waals surface area contributed by atoms with Gasteiger partial charge in [-0.05, 0) is 5.56 Å². The molecule has 1 amide bonds. The van der Waals surface area contributed by atoms with Gasteiger partial charge in [-0.1, -0.05) is 30.3 Å². The van der Waals surface area contributed by atoms with E-state index < -0.39 is 12.3 Å². The number of carbonyl (C=O) groups excluding carboxylic acids is 1. The Kier molecular flexibility index (Phi) is 3.31. The number of hydrogen-bond acceptors (Lipinski definition) is 5. The number of carbonyl (C=O) groups is 2. The third kappa shape index (κ3) is 2.71. The third-order valence-electron chi connectivity index (χ3n) is 3.24. The zero-order valence-corrected chi connectivity index (χ0v) is 11.1. The van der Waals surface area contributed by atoms with Gasteiger partial charge in [0.2, 0.25) is 0 Å². The lowest BCUT2D eigenvalue weighted by Gasteiger charge is -2.27. The molecule has 1 atom stereocenters.